The van der Waals surface area contributed by atoms with Gasteiger partial charge in [-0.25, -0.2) is 5.43 Å². The maximum atomic E-state index is 11.9. The van der Waals surface area contributed by atoms with Crippen LogP contribution in [-0.4, -0.2) is 21.6 Å². The Morgan fingerprint density at radius 2 is 1.95 bits per heavy atom. The number of amides is 1. The van der Waals surface area contributed by atoms with Crippen molar-refractivity contribution in [1.29, 1.82) is 0 Å². The summed E-state index contributed by atoms with van der Waals surface area (Å²) in [5.74, 6) is -0.253. The first-order chi connectivity index (χ1) is 10.3. The van der Waals surface area contributed by atoms with Gasteiger partial charge in [0.05, 0.1) is 5.71 Å². The zero-order valence-electron chi connectivity index (χ0n) is 11.5. The number of benzene rings is 1. The van der Waals surface area contributed by atoms with E-state index in [4.69, 9.17) is 0 Å². The maximum Gasteiger partial charge on any atom is 0.271 e. The minimum absolute atomic E-state index is 0.253. The van der Waals surface area contributed by atoms with Crippen LogP contribution in [0.3, 0.4) is 0 Å². The van der Waals surface area contributed by atoms with Crippen LogP contribution in [0.1, 0.15) is 22.8 Å². The van der Waals surface area contributed by atoms with Crippen LogP contribution in [0.15, 0.2) is 60.1 Å². The first-order valence-corrected chi connectivity index (χ1v) is 6.57. The Labute approximate surface area is 121 Å². The van der Waals surface area contributed by atoms with Crippen molar-refractivity contribution in [3.05, 3.63) is 66.1 Å². The van der Waals surface area contributed by atoms with Gasteiger partial charge in [-0.3, -0.25) is 9.78 Å². The van der Waals surface area contributed by atoms with Crippen LogP contribution in [0.4, 0.5) is 0 Å². The van der Waals surface area contributed by atoms with Gasteiger partial charge in [0.2, 0.25) is 0 Å². The maximum absolute atomic E-state index is 11.9. The summed E-state index contributed by atoms with van der Waals surface area (Å²) in [6.45, 7) is 1.86. The van der Waals surface area contributed by atoms with Crippen LogP contribution in [0.2, 0.25) is 0 Å². The Morgan fingerprint density at radius 3 is 2.76 bits per heavy atom. The lowest BCUT2D eigenvalue weighted by molar-refractivity contribution is 0.0954. The van der Waals surface area contributed by atoms with Gasteiger partial charge < -0.3 is 4.98 Å². The minimum Gasteiger partial charge on any atom is -0.360 e. The second-order valence-corrected chi connectivity index (χ2v) is 4.62. The lowest BCUT2D eigenvalue weighted by Gasteiger charge is -2.02. The quantitative estimate of drug-likeness (QED) is 0.571. The van der Waals surface area contributed by atoms with Crippen molar-refractivity contribution < 1.29 is 4.79 Å². The average Bonchev–Trinajstić information content (AvgIpc) is 2.97. The molecule has 2 N–H and O–H groups in total. The summed E-state index contributed by atoms with van der Waals surface area (Å²) in [6, 6.07) is 11.3. The summed E-state index contributed by atoms with van der Waals surface area (Å²) < 4.78 is 0. The zero-order chi connectivity index (χ0) is 14.7. The molecule has 5 heteroatoms. The number of para-hydroxylation sites is 1. The molecule has 3 rings (SSSR count). The van der Waals surface area contributed by atoms with Gasteiger partial charge in [-0.2, -0.15) is 5.10 Å². The Morgan fingerprint density at radius 1 is 1.19 bits per heavy atom. The second kappa shape index (κ2) is 5.58. The highest BCUT2D eigenvalue weighted by molar-refractivity contribution is 6.10. The number of carbonyl (C=O) groups is 1. The van der Waals surface area contributed by atoms with Gasteiger partial charge >= 0.3 is 0 Å². The predicted molar refractivity (Wildman–Crippen MR) is 82.2 cm³/mol. The van der Waals surface area contributed by atoms with Crippen LogP contribution < -0.4 is 5.43 Å². The molecule has 3 aromatic rings. The molecule has 0 fully saturated rings. The first-order valence-electron chi connectivity index (χ1n) is 6.57. The van der Waals surface area contributed by atoms with Gasteiger partial charge in [0, 0.05) is 40.6 Å². The third-order valence-electron chi connectivity index (χ3n) is 3.25. The van der Waals surface area contributed by atoms with E-state index in [9.17, 15) is 4.79 Å². The number of hydrogen-bond donors (Lipinski definition) is 2. The van der Waals surface area contributed by atoms with E-state index in [0.29, 0.717) is 5.56 Å². The smallest absolute Gasteiger partial charge is 0.271 e. The summed E-state index contributed by atoms with van der Waals surface area (Å²) in [7, 11) is 0. The Bertz CT molecular complexity index is 805. The molecule has 104 valence electrons. The highest BCUT2D eigenvalue weighted by atomic mass is 16.2. The van der Waals surface area contributed by atoms with E-state index in [0.717, 1.165) is 22.2 Å². The lowest BCUT2D eigenvalue weighted by atomic mass is 10.1. The number of nitrogens with zero attached hydrogens (tertiary/aromatic N) is 2. The normalized spacial score (nSPS) is 11.6. The molecule has 0 aliphatic carbocycles. The van der Waals surface area contributed by atoms with E-state index in [2.05, 4.69) is 20.5 Å². The molecule has 0 saturated carbocycles. The molecule has 0 radical (unpaired) electrons. The summed E-state index contributed by atoms with van der Waals surface area (Å²) in [5.41, 5.74) is 5.85. The number of H-pyrrole nitrogens is 1. The van der Waals surface area contributed by atoms with Crippen molar-refractivity contribution in [2.45, 2.75) is 6.92 Å². The number of nitrogens with one attached hydrogen (secondary N) is 2. The molecular formula is C16H14N4O. The number of fused-ring (bicyclic) bond motifs is 1. The van der Waals surface area contributed by atoms with E-state index >= 15 is 0 Å². The third kappa shape index (κ3) is 2.67. The summed E-state index contributed by atoms with van der Waals surface area (Å²) >= 11 is 0. The van der Waals surface area contributed by atoms with Gasteiger partial charge in [-0.15, -0.1) is 0 Å². The van der Waals surface area contributed by atoms with Crippen LogP contribution in [0.25, 0.3) is 10.9 Å². The van der Waals surface area contributed by atoms with Crippen molar-refractivity contribution >= 4 is 22.5 Å². The average molecular weight is 278 g/mol. The molecule has 0 spiro atoms. The van der Waals surface area contributed by atoms with Crippen LogP contribution >= 0.6 is 0 Å². The molecule has 0 unspecified atom stereocenters. The molecule has 1 amide bonds. The Hall–Kier alpha value is -2.95. The van der Waals surface area contributed by atoms with Gasteiger partial charge in [-0.1, -0.05) is 18.2 Å². The van der Waals surface area contributed by atoms with Crippen molar-refractivity contribution in [1.82, 2.24) is 15.4 Å². The molecule has 0 atom stereocenters. The number of rotatable bonds is 3. The van der Waals surface area contributed by atoms with Crippen LogP contribution in [0.5, 0.6) is 0 Å². The van der Waals surface area contributed by atoms with Crippen molar-refractivity contribution in [3.63, 3.8) is 0 Å². The van der Waals surface area contributed by atoms with E-state index in [-0.39, 0.29) is 5.91 Å². The SMILES string of the molecule is CC(=NNC(=O)c1ccncc1)c1c[nH]c2ccccc12. The molecule has 1 aromatic carbocycles. The van der Waals surface area contributed by atoms with E-state index in [1.165, 1.54) is 0 Å². The summed E-state index contributed by atoms with van der Waals surface area (Å²) in [5, 5.41) is 5.25. The number of pyridine rings is 1. The van der Waals surface area contributed by atoms with Crippen molar-refractivity contribution in [3.8, 4) is 0 Å². The number of aromatic amines is 1. The predicted octanol–water partition coefficient (Wildman–Crippen LogP) is 2.72. The second-order valence-electron chi connectivity index (χ2n) is 4.62. The third-order valence-corrected chi connectivity index (χ3v) is 3.25. The number of carbonyl (C=O) groups excluding carboxylic acids is 1. The topological polar surface area (TPSA) is 70.1 Å². The highest BCUT2D eigenvalue weighted by Gasteiger charge is 2.07. The molecular weight excluding hydrogens is 264 g/mol. The Kier molecular flexibility index (Phi) is 3.47. The van der Waals surface area contributed by atoms with Gasteiger partial charge in [0.1, 0.15) is 0 Å². The molecule has 0 bridgehead atoms. The van der Waals surface area contributed by atoms with Crippen molar-refractivity contribution in [2.24, 2.45) is 5.10 Å². The molecule has 0 saturated heterocycles. The first kappa shape index (κ1) is 13.1. The molecule has 2 aromatic heterocycles. The van der Waals surface area contributed by atoms with Crippen molar-refractivity contribution in [2.75, 3.05) is 0 Å². The molecule has 5 nitrogen and oxygen atoms in total. The molecule has 21 heavy (non-hydrogen) atoms. The number of hydrazone groups is 1. The number of hydrogen-bond acceptors (Lipinski definition) is 3. The highest BCUT2D eigenvalue weighted by Crippen LogP contribution is 2.18. The van der Waals surface area contributed by atoms with Crippen LogP contribution in [0, 0.1) is 0 Å². The zero-order valence-corrected chi connectivity index (χ0v) is 11.5. The van der Waals surface area contributed by atoms with Gasteiger partial charge in [0.25, 0.3) is 5.91 Å². The fraction of sp³-hybridized carbons (Fsp3) is 0.0625. The van der Waals surface area contributed by atoms with Gasteiger partial charge in [-0.05, 0) is 25.1 Å². The van der Waals surface area contributed by atoms with E-state index in [1.54, 1.807) is 24.5 Å². The van der Waals surface area contributed by atoms with Gasteiger partial charge in [0.15, 0.2) is 0 Å². The summed E-state index contributed by atoms with van der Waals surface area (Å²) in [6.07, 6.45) is 5.04. The monoisotopic (exact) mass is 278 g/mol. The number of aromatic nitrogens is 2. The van der Waals surface area contributed by atoms with E-state index in [1.807, 2.05) is 37.4 Å². The fourth-order valence-corrected chi connectivity index (χ4v) is 2.13. The minimum atomic E-state index is -0.253. The largest absolute Gasteiger partial charge is 0.360 e. The van der Waals surface area contributed by atoms with E-state index < -0.39 is 0 Å². The Balaban J connectivity index is 1.82. The fourth-order valence-electron chi connectivity index (χ4n) is 2.13. The molecule has 2 heterocycles. The lowest BCUT2D eigenvalue weighted by Crippen LogP contribution is -2.19. The summed E-state index contributed by atoms with van der Waals surface area (Å²) in [4.78, 5) is 19.0. The van der Waals surface area contributed by atoms with Crippen LogP contribution in [-0.2, 0) is 0 Å². The molecule has 0 aliphatic rings. The standard InChI is InChI=1S/C16H14N4O/c1-11(14-10-18-15-5-3-2-4-13(14)15)19-20-16(21)12-6-8-17-9-7-12/h2-10,18H,1H3,(H,20,21). The molecule has 0 aliphatic heterocycles.